The first-order valence-electron chi connectivity index (χ1n) is 7.58. The smallest absolute Gasteiger partial charge is 0.223 e. The summed E-state index contributed by atoms with van der Waals surface area (Å²) in [5, 5.41) is 10.2. The number of aromatic nitrogens is 2. The Morgan fingerprint density at radius 2 is 2.04 bits per heavy atom. The third kappa shape index (κ3) is 4.98. The third-order valence-corrected chi connectivity index (χ3v) is 3.18. The maximum absolute atomic E-state index is 5.68. The number of aryl methyl sites for hydroxylation is 2. The van der Waals surface area contributed by atoms with Gasteiger partial charge in [0.15, 0.2) is 11.8 Å². The van der Waals surface area contributed by atoms with Gasteiger partial charge in [0.25, 0.3) is 0 Å². The van der Waals surface area contributed by atoms with Crippen LogP contribution in [0.15, 0.2) is 27.7 Å². The van der Waals surface area contributed by atoms with Crippen molar-refractivity contribution >= 4 is 5.96 Å². The largest absolute Gasteiger partial charge is 0.494 e. The first-order chi connectivity index (χ1) is 11.1. The summed E-state index contributed by atoms with van der Waals surface area (Å²) in [6.07, 6.45) is 0. The first-order valence-corrected chi connectivity index (χ1v) is 7.58. The van der Waals surface area contributed by atoms with E-state index in [4.69, 9.17) is 9.26 Å². The normalized spacial score (nSPS) is 11.4. The molecule has 0 bridgehead atoms. The minimum absolute atomic E-state index is 0.448. The van der Waals surface area contributed by atoms with E-state index in [-0.39, 0.29) is 0 Å². The Morgan fingerprint density at radius 1 is 1.26 bits per heavy atom. The van der Waals surface area contributed by atoms with Crippen molar-refractivity contribution in [3.05, 3.63) is 41.0 Å². The summed E-state index contributed by atoms with van der Waals surface area (Å²) in [7, 11) is 1.72. The van der Waals surface area contributed by atoms with E-state index < -0.39 is 0 Å². The van der Waals surface area contributed by atoms with Crippen molar-refractivity contribution in [3.8, 4) is 5.75 Å². The summed E-state index contributed by atoms with van der Waals surface area (Å²) < 4.78 is 10.6. The Labute approximate surface area is 136 Å². The second kappa shape index (κ2) is 8.17. The highest BCUT2D eigenvalue weighted by Crippen LogP contribution is 2.20. The number of aliphatic imine (C=N–C) groups is 1. The number of ether oxygens (including phenoxy) is 1. The lowest BCUT2D eigenvalue weighted by Crippen LogP contribution is -2.36. The van der Waals surface area contributed by atoms with E-state index in [0.29, 0.717) is 37.4 Å². The fraction of sp³-hybridized carbons (Fsp3) is 0.438. The molecule has 23 heavy (non-hydrogen) atoms. The Bertz CT molecular complexity index is 666. The van der Waals surface area contributed by atoms with Crippen molar-refractivity contribution in [3.63, 3.8) is 0 Å². The van der Waals surface area contributed by atoms with Crippen molar-refractivity contribution < 1.29 is 9.26 Å². The van der Waals surface area contributed by atoms with Crippen LogP contribution in [-0.2, 0) is 13.1 Å². The van der Waals surface area contributed by atoms with E-state index >= 15 is 0 Å². The number of hydrogen-bond acceptors (Lipinski definition) is 5. The van der Waals surface area contributed by atoms with Gasteiger partial charge < -0.3 is 19.9 Å². The van der Waals surface area contributed by atoms with Crippen LogP contribution in [0.1, 0.15) is 29.8 Å². The van der Waals surface area contributed by atoms with Gasteiger partial charge in [-0.25, -0.2) is 0 Å². The predicted molar refractivity (Wildman–Crippen MR) is 88.4 cm³/mol. The van der Waals surface area contributed by atoms with Crippen LogP contribution in [0.3, 0.4) is 0 Å². The minimum atomic E-state index is 0.448. The molecule has 2 rings (SSSR count). The van der Waals surface area contributed by atoms with Gasteiger partial charge in [0.05, 0.1) is 13.2 Å². The van der Waals surface area contributed by atoms with Crippen molar-refractivity contribution in [1.82, 2.24) is 20.8 Å². The molecule has 0 atom stereocenters. The van der Waals surface area contributed by atoms with Crippen LogP contribution in [0.4, 0.5) is 0 Å². The molecule has 2 aromatic rings. The topological polar surface area (TPSA) is 84.6 Å². The number of rotatable bonds is 6. The number of guanidine groups is 1. The molecule has 124 valence electrons. The van der Waals surface area contributed by atoms with Gasteiger partial charge in [-0.05, 0) is 25.5 Å². The van der Waals surface area contributed by atoms with Crippen molar-refractivity contribution in [2.75, 3.05) is 13.7 Å². The molecule has 0 unspecified atom stereocenters. The summed E-state index contributed by atoms with van der Waals surface area (Å²) in [6.45, 7) is 7.49. The monoisotopic (exact) mass is 317 g/mol. The molecule has 1 aromatic heterocycles. The van der Waals surface area contributed by atoms with Crippen LogP contribution in [0, 0.1) is 13.8 Å². The fourth-order valence-electron chi connectivity index (χ4n) is 2.07. The van der Waals surface area contributed by atoms with E-state index in [9.17, 15) is 0 Å². The quantitative estimate of drug-likeness (QED) is 0.626. The summed E-state index contributed by atoms with van der Waals surface area (Å²) in [5.41, 5.74) is 2.25. The lowest BCUT2D eigenvalue weighted by Gasteiger charge is -2.14. The molecule has 0 fully saturated rings. The summed E-state index contributed by atoms with van der Waals surface area (Å²) >= 11 is 0. The van der Waals surface area contributed by atoms with E-state index in [1.54, 1.807) is 14.0 Å². The van der Waals surface area contributed by atoms with E-state index in [0.717, 1.165) is 11.3 Å². The third-order valence-electron chi connectivity index (χ3n) is 3.18. The van der Waals surface area contributed by atoms with Gasteiger partial charge in [0.1, 0.15) is 5.75 Å². The zero-order valence-electron chi connectivity index (χ0n) is 14.0. The second-order valence-corrected chi connectivity index (χ2v) is 5.05. The van der Waals surface area contributed by atoms with Crippen LogP contribution in [0.5, 0.6) is 5.75 Å². The van der Waals surface area contributed by atoms with Gasteiger partial charge in [0.2, 0.25) is 5.89 Å². The maximum Gasteiger partial charge on any atom is 0.223 e. The average Bonchev–Trinajstić information content (AvgIpc) is 2.95. The molecule has 2 N–H and O–H groups in total. The van der Waals surface area contributed by atoms with Crippen LogP contribution in [0.25, 0.3) is 0 Å². The molecular weight excluding hydrogens is 294 g/mol. The Hall–Kier alpha value is -2.57. The minimum Gasteiger partial charge on any atom is -0.494 e. The molecule has 0 radical (unpaired) electrons. The maximum atomic E-state index is 5.68. The highest BCUT2D eigenvalue weighted by molar-refractivity contribution is 5.79. The van der Waals surface area contributed by atoms with Crippen molar-refractivity contribution in [1.29, 1.82) is 0 Å². The van der Waals surface area contributed by atoms with Crippen LogP contribution in [0.2, 0.25) is 0 Å². The molecule has 7 heteroatoms. The number of nitrogens with zero attached hydrogens (tertiary/aromatic N) is 3. The van der Waals surface area contributed by atoms with Crippen LogP contribution in [-0.4, -0.2) is 29.8 Å². The van der Waals surface area contributed by atoms with Crippen molar-refractivity contribution in [2.45, 2.75) is 33.9 Å². The van der Waals surface area contributed by atoms with Gasteiger partial charge in [-0.2, -0.15) is 4.98 Å². The van der Waals surface area contributed by atoms with Gasteiger partial charge in [0, 0.05) is 26.1 Å². The van der Waals surface area contributed by atoms with Gasteiger partial charge in [-0.3, -0.25) is 4.99 Å². The lowest BCUT2D eigenvalue weighted by atomic mass is 10.1. The molecule has 0 aliphatic rings. The second-order valence-electron chi connectivity index (χ2n) is 5.05. The lowest BCUT2D eigenvalue weighted by molar-refractivity contribution is 0.336. The molecule has 0 saturated heterocycles. The average molecular weight is 317 g/mol. The highest BCUT2D eigenvalue weighted by Gasteiger charge is 2.07. The van der Waals surface area contributed by atoms with Crippen molar-refractivity contribution in [2.24, 2.45) is 4.99 Å². The molecule has 0 aliphatic heterocycles. The molecule has 0 spiro atoms. The Balaban J connectivity index is 1.92. The zero-order valence-corrected chi connectivity index (χ0v) is 14.0. The number of hydrogen-bond donors (Lipinski definition) is 2. The summed E-state index contributed by atoms with van der Waals surface area (Å²) in [5.74, 6) is 2.70. The standard InChI is InChI=1S/C16H23N5O2/c1-5-22-14-8-11(2)6-7-13(14)9-18-16(17-4)19-10-15-20-12(3)23-21-15/h6-8H,5,9-10H2,1-4H3,(H2,17,18,19). The summed E-state index contributed by atoms with van der Waals surface area (Å²) in [4.78, 5) is 8.33. The SMILES string of the molecule is CCOc1cc(C)ccc1CNC(=NC)NCc1noc(C)n1. The van der Waals surface area contributed by atoms with Gasteiger partial charge in [-0.1, -0.05) is 17.3 Å². The Morgan fingerprint density at radius 3 is 2.70 bits per heavy atom. The first kappa shape index (κ1) is 16.8. The Kier molecular flexibility index (Phi) is 5.96. The zero-order chi connectivity index (χ0) is 16.7. The molecule has 0 amide bonds. The van der Waals surface area contributed by atoms with Crippen LogP contribution < -0.4 is 15.4 Å². The van der Waals surface area contributed by atoms with Gasteiger partial charge >= 0.3 is 0 Å². The summed E-state index contributed by atoms with van der Waals surface area (Å²) in [6, 6.07) is 6.17. The highest BCUT2D eigenvalue weighted by atomic mass is 16.5. The van der Waals surface area contributed by atoms with E-state index in [2.05, 4.69) is 37.9 Å². The number of nitrogens with one attached hydrogen (secondary N) is 2. The van der Waals surface area contributed by atoms with Gasteiger partial charge in [-0.15, -0.1) is 0 Å². The molecule has 0 aliphatic carbocycles. The molecule has 7 nitrogen and oxygen atoms in total. The molecular formula is C16H23N5O2. The molecule has 1 heterocycles. The van der Waals surface area contributed by atoms with E-state index in [1.165, 1.54) is 5.56 Å². The molecule has 1 aromatic carbocycles. The van der Waals surface area contributed by atoms with E-state index in [1.807, 2.05) is 19.9 Å². The number of benzene rings is 1. The molecule has 0 saturated carbocycles. The predicted octanol–water partition coefficient (Wildman–Crippen LogP) is 1.95. The fourth-order valence-corrected chi connectivity index (χ4v) is 2.07. The van der Waals surface area contributed by atoms with Crippen LogP contribution >= 0.6 is 0 Å².